The van der Waals surface area contributed by atoms with Gasteiger partial charge in [0.25, 0.3) is 0 Å². The lowest BCUT2D eigenvalue weighted by Gasteiger charge is -2.07. The molecule has 1 aromatic heterocycles. The minimum atomic E-state index is -4.41. The molecule has 1 aromatic rings. The standard InChI is InChI=1S/C12H10F3NO3/c1-2-18-11(17)6-4-9-3-5-10(16-7-9)19-8-12(13,14)15/h3,5,7H,2,8H2,1H3. The molecule has 4 nitrogen and oxygen atoms in total. The topological polar surface area (TPSA) is 48.4 Å². The van der Waals surface area contributed by atoms with Gasteiger partial charge >= 0.3 is 12.1 Å². The summed E-state index contributed by atoms with van der Waals surface area (Å²) in [6.45, 7) is 0.456. The van der Waals surface area contributed by atoms with Crippen LogP contribution in [0, 0.1) is 11.8 Å². The highest BCUT2D eigenvalue weighted by atomic mass is 19.4. The smallest absolute Gasteiger partial charge is 0.422 e. The fraction of sp³-hybridized carbons (Fsp3) is 0.333. The first-order chi connectivity index (χ1) is 8.90. The van der Waals surface area contributed by atoms with Crippen molar-refractivity contribution >= 4 is 5.97 Å². The Hall–Kier alpha value is -2.23. The van der Waals surface area contributed by atoms with E-state index in [1.807, 2.05) is 0 Å². The second-order valence-corrected chi connectivity index (χ2v) is 3.26. The lowest BCUT2D eigenvalue weighted by atomic mass is 10.3. The van der Waals surface area contributed by atoms with Crippen molar-refractivity contribution in [1.29, 1.82) is 0 Å². The molecule has 0 aliphatic carbocycles. The van der Waals surface area contributed by atoms with E-state index in [1.165, 1.54) is 18.3 Å². The summed E-state index contributed by atoms with van der Waals surface area (Å²) >= 11 is 0. The Bertz CT molecular complexity index is 486. The van der Waals surface area contributed by atoms with Crippen LogP contribution < -0.4 is 4.74 Å². The number of aromatic nitrogens is 1. The Morgan fingerprint density at radius 1 is 1.42 bits per heavy atom. The molecule has 0 aliphatic rings. The van der Waals surface area contributed by atoms with Gasteiger partial charge in [-0.2, -0.15) is 13.2 Å². The van der Waals surface area contributed by atoms with Crippen LogP contribution in [0.1, 0.15) is 12.5 Å². The highest BCUT2D eigenvalue weighted by Gasteiger charge is 2.28. The lowest BCUT2D eigenvalue weighted by Crippen LogP contribution is -2.19. The van der Waals surface area contributed by atoms with Crippen molar-refractivity contribution in [3.8, 4) is 17.7 Å². The number of pyridine rings is 1. The third kappa shape index (κ3) is 6.31. The third-order valence-electron chi connectivity index (χ3n) is 1.70. The van der Waals surface area contributed by atoms with Gasteiger partial charge in [-0.05, 0) is 13.0 Å². The predicted molar refractivity (Wildman–Crippen MR) is 59.3 cm³/mol. The summed E-state index contributed by atoms with van der Waals surface area (Å²) in [6, 6.07) is 2.63. The Kier molecular flexibility index (Phi) is 5.18. The highest BCUT2D eigenvalue weighted by molar-refractivity contribution is 5.89. The molecule has 0 fully saturated rings. The summed E-state index contributed by atoms with van der Waals surface area (Å²) < 4.78 is 44.6. The Labute approximate surface area is 107 Å². The second kappa shape index (κ2) is 6.64. The van der Waals surface area contributed by atoms with Crippen LogP contribution in [0.15, 0.2) is 18.3 Å². The molecule has 0 spiro atoms. The zero-order valence-corrected chi connectivity index (χ0v) is 9.95. The number of halogens is 3. The highest BCUT2D eigenvalue weighted by Crippen LogP contribution is 2.16. The van der Waals surface area contributed by atoms with E-state index in [4.69, 9.17) is 0 Å². The molecule has 19 heavy (non-hydrogen) atoms. The van der Waals surface area contributed by atoms with Crippen LogP contribution in [0.4, 0.5) is 13.2 Å². The molecular weight excluding hydrogens is 263 g/mol. The van der Waals surface area contributed by atoms with Gasteiger partial charge in [-0.15, -0.1) is 0 Å². The van der Waals surface area contributed by atoms with E-state index in [0.29, 0.717) is 5.56 Å². The Balaban J connectivity index is 2.59. The van der Waals surface area contributed by atoms with E-state index in [0.717, 1.165) is 0 Å². The number of alkyl halides is 3. The van der Waals surface area contributed by atoms with Crippen LogP contribution in [0.5, 0.6) is 5.88 Å². The van der Waals surface area contributed by atoms with Crippen LogP contribution in [0.25, 0.3) is 0 Å². The number of carbonyl (C=O) groups is 1. The van der Waals surface area contributed by atoms with E-state index >= 15 is 0 Å². The van der Waals surface area contributed by atoms with Crippen molar-refractivity contribution in [2.45, 2.75) is 13.1 Å². The first kappa shape index (κ1) is 14.8. The zero-order chi connectivity index (χ0) is 14.3. The summed E-state index contributed by atoms with van der Waals surface area (Å²) in [4.78, 5) is 14.6. The minimum absolute atomic E-state index is 0.168. The number of hydrogen-bond donors (Lipinski definition) is 0. The average Bonchev–Trinajstić information content (AvgIpc) is 2.34. The lowest BCUT2D eigenvalue weighted by molar-refractivity contribution is -0.154. The van der Waals surface area contributed by atoms with Gasteiger partial charge in [0, 0.05) is 23.7 Å². The van der Waals surface area contributed by atoms with Crippen LogP contribution in [0.3, 0.4) is 0 Å². The summed E-state index contributed by atoms with van der Waals surface area (Å²) in [7, 11) is 0. The SMILES string of the molecule is CCOC(=O)C#Cc1ccc(OCC(F)(F)F)nc1. The van der Waals surface area contributed by atoms with E-state index in [-0.39, 0.29) is 12.5 Å². The number of carbonyl (C=O) groups excluding carboxylic acids is 1. The van der Waals surface area contributed by atoms with E-state index < -0.39 is 18.8 Å². The van der Waals surface area contributed by atoms with E-state index in [1.54, 1.807) is 6.92 Å². The maximum atomic E-state index is 11.9. The van der Waals surface area contributed by atoms with Gasteiger partial charge in [-0.25, -0.2) is 9.78 Å². The molecule has 0 N–H and O–H groups in total. The molecule has 0 aromatic carbocycles. The van der Waals surface area contributed by atoms with E-state index in [9.17, 15) is 18.0 Å². The zero-order valence-electron chi connectivity index (χ0n) is 9.95. The normalized spacial score (nSPS) is 10.3. The summed E-state index contributed by atoms with van der Waals surface area (Å²) in [5.41, 5.74) is 0.368. The summed E-state index contributed by atoms with van der Waals surface area (Å²) in [6.07, 6.45) is -3.21. The van der Waals surface area contributed by atoms with Crippen molar-refractivity contribution in [2.24, 2.45) is 0 Å². The second-order valence-electron chi connectivity index (χ2n) is 3.26. The number of nitrogens with zero attached hydrogens (tertiary/aromatic N) is 1. The molecule has 1 heterocycles. The van der Waals surface area contributed by atoms with Gasteiger partial charge in [0.2, 0.25) is 5.88 Å². The first-order valence-electron chi connectivity index (χ1n) is 5.25. The number of hydrogen-bond acceptors (Lipinski definition) is 4. The Morgan fingerprint density at radius 2 is 2.16 bits per heavy atom. The molecule has 0 radical (unpaired) electrons. The summed E-state index contributed by atoms with van der Waals surface area (Å²) in [5, 5.41) is 0. The molecule has 0 unspecified atom stereocenters. The van der Waals surface area contributed by atoms with Crippen LogP contribution in [-0.2, 0) is 9.53 Å². The maximum Gasteiger partial charge on any atom is 0.422 e. The summed E-state index contributed by atoms with van der Waals surface area (Å²) in [5.74, 6) is 3.82. The molecule has 1 rings (SSSR count). The number of esters is 1. The molecule has 0 saturated heterocycles. The quantitative estimate of drug-likeness (QED) is 0.623. The molecule has 0 atom stereocenters. The van der Waals surface area contributed by atoms with Crippen molar-refractivity contribution < 1.29 is 27.4 Å². The molecule has 0 aliphatic heterocycles. The average molecular weight is 273 g/mol. The maximum absolute atomic E-state index is 11.9. The van der Waals surface area contributed by atoms with Gasteiger partial charge in [-0.1, -0.05) is 5.92 Å². The van der Waals surface area contributed by atoms with Gasteiger partial charge < -0.3 is 9.47 Å². The molecule has 102 valence electrons. The molecule has 0 saturated carbocycles. The first-order valence-corrected chi connectivity index (χ1v) is 5.25. The van der Waals surface area contributed by atoms with Crippen molar-refractivity contribution in [3.05, 3.63) is 23.9 Å². The van der Waals surface area contributed by atoms with Gasteiger partial charge in [0.1, 0.15) is 0 Å². The van der Waals surface area contributed by atoms with Gasteiger partial charge in [-0.3, -0.25) is 0 Å². The van der Waals surface area contributed by atoms with Crippen molar-refractivity contribution in [2.75, 3.05) is 13.2 Å². The molecule has 0 amide bonds. The fourth-order valence-electron chi connectivity index (χ4n) is 0.986. The van der Waals surface area contributed by atoms with Crippen LogP contribution in [-0.4, -0.2) is 30.3 Å². The molecule has 7 heteroatoms. The third-order valence-corrected chi connectivity index (χ3v) is 1.70. The van der Waals surface area contributed by atoms with Crippen molar-refractivity contribution in [3.63, 3.8) is 0 Å². The van der Waals surface area contributed by atoms with Gasteiger partial charge in [0.05, 0.1) is 6.61 Å². The molecular formula is C12H10F3NO3. The van der Waals surface area contributed by atoms with Crippen LogP contribution >= 0.6 is 0 Å². The van der Waals surface area contributed by atoms with Crippen LogP contribution in [0.2, 0.25) is 0 Å². The largest absolute Gasteiger partial charge is 0.468 e. The van der Waals surface area contributed by atoms with Gasteiger partial charge in [0.15, 0.2) is 6.61 Å². The Morgan fingerprint density at radius 3 is 2.68 bits per heavy atom. The number of ether oxygens (including phenoxy) is 2. The minimum Gasteiger partial charge on any atom is -0.468 e. The monoisotopic (exact) mass is 273 g/mol. The molecule has 0 bridgehead atoms. The fourth-order valence-corrected chi connectivity index (χ4v) is 0.986. The van der Waals surface area contributed by atoms with Crippen molar-refractivity contribution in [1.82, 2.24) is 4.98 Å². The van der Waals surface area contributed by atoms with E-state index in [2.05, 4.69) is 26.3 Å². The predicted octanol–water partition coefficient (Wildman–Crippen LogP) is 1.94. The number of rotatable bonds is 3.